The van der Waals surface area contributed by atoms with Crippen LogP contribution in [0.5, 0.6) is 0 Å². The Morgan fingerprint density at radius 1 is 1.38 bits per heavy atom. The highest BCUT2D eigenvalue weighted by atomic mass is 32.2. The van der Waals surface area contributed by atoms with Crippen molar-refractivity contribution >= 4 is 10.0 Å². The minimum Gasteiger partial charge on any atom is -0.281 e. The van der Waals surface area contributed by atoms with Crippen molar-refractivity contribution in [2.75, 3.05) is 0 Å². The van der Waals surface area contributed by atoms with Crippen molar-refractivity contribution in [2.45, 2.75) is 51.1 Å². The maximum Gasteiger partial charge on any atom is 0.244 e. The van der Waals surface area contributed by atoms with Crippen LogP contribution in [0.15, 0.2) is 11.1 Å². The molecule has 7 nitrogen and oxygen atoms in total. The number of sulfonamides is 1. The third-order valence-electron chi connectivity index (χ3n) is 3.85. The first-order valence-corrected chi connectivity index (χ1v) is 8.52. The molecule has 0 amide bonds. The molecule has 0 saturated carbocycles. The lowest BCUT2D eigenvalue weighted by Gasteiger charge is -2.15. The zero-order valence-electron chi connectivity index (χ0n) is 12.2. The summed E-state index contributed by atoms with van der Waals surface area (Å²) in [5.41, 5.74) is 3.13. The van der Waals surface area contributed by atoms with E-state index in [1.54, 1.807) is 20.0 Å². The van der Waals surface area contributed by atoms with E-state index in [0.29, 0.717) is 11.4 Å². The van der Waals surface area contributed by atoms with Crippen LogP contribution in [-0.2, 0) is 29.5 Å². The van der Waals surface area contributed by atoms with Gasteiger partial charge in [0.05, 0.1) is 17.6 Å². The molecule has 1 aliphatic heterocycles. The molecule has 1 aliphatic rings. The van der Waals surface area contributed by atoms with E-state index in [1.165, 1.54) is 0 Å². The fourth-order valence-electron chi connectivity index (χ4n) is 2.81. The molecule has 114 valence electrons. The Morgan fingerprint density at radius 2 is 2.19 bits per heavy atom. The summed E-state index contributed by atoms with van der Waals surface area (Å²) in [6, 6.07) is 0. The van der Waals surface area contributed by atoms with Gasteiger partial charge in [-0.2, -0.15) is 10.2 Å². The minimum absolute atomic E-state index is 0.239. The number of nitrogens with zero attached hydrogens (tertiary/aromatic N) is 3. The molecule has 0 spiro atoms. The highest BCUT2D eigenvalue weighted by Gasteiger charge is 2.23. The van der Waals surface area contributed by atoms with Gasteiger partial charge in [0.15, 0.2) is 0 Å². The summed E-state index contributed by atoms with van der Waals surface area (Å²) in [6.45, 7) is 4.57. The van der Waals surface area contributed by atoms with Crippen LogP contribution < -0.4 is 4.72 Å². The van der Waals surface area contributed by atoms with Gasteiger partial charge in [-0.1, -0.05) is 0 Å². The van der Waals surface area contributed by atoms with Gasteiger partial charge in [-0.3, -0.25) is 9.78 Å². The summed E-state index contributed by atoms with van der Waals surface area (Å²) in [7, 11) is -3.56. The summed E-state index contributed by atoms with van der Waals surface area (Å²) in [5, 5.41) is 11.0. The second-order valence-electron chi connectivity index (χ2n) is 5.38. The average molecular weight is 309 g/mol. The monoisotopic (exact) mass is 309 g/mol. The van der Waals surface area contributed by atoms with Crippen molar-refractivity contribution in [3.63, 3.8) is 0 Å². The lowest BCUT2D eigenvalue weighted by atomic mass is 10.1. The van der Waals surface area contributed by atoms with Crippen molar-refractivity contribution in [3.05, 3.63) is 28.8 Å². The van der Waals surface area contributed by atoms with E-state index in [9.17, 15) is 8.42 Å². The van der Waals surface area contributed by atoms with Crippen molar-refractivity contribution in [1.29, 1.82) is 0 Å². The van der Waals surface area contributed by atoms with Gasteiger partial charge in [-0.05, 0) is 33.1 Å². The molecular formula is C13H19N5O2S. The number of aromatic amines is 1. The summed E-state index contributed by atoms with van der Waals surface area (Å²) in [6.07, 6.45) is 4.98. The molecule has 8 heteroatoms. The van der Waals surface area contributed by atoms with E-state index in [1.807, 2.05) is 4.68 Å². The highest BCUT2D eigenvalue weighted by Crippen LogP contribution is 2.20. The summed E-state index contributed by atoms with van der Waals surface area (Å²) in [4.78, 5) is 0.239. The van der Waals surface area contributed by atoms with Gasteiger partial charge in [0.1, 0.15) is 4.90 Å². The number of fused-ring (bicyclic) bond motifs is 1. The predicted molar refractivity (Wildman–Crippen MR) is 77.3 cm³/mol. The molecule has 3 rings (SSSR count). The summed E-state index contributed by atoms with van der Waals surface area (Å²) < 4.78 is 29.4. The Labute approximate surface area is 123 Å². The Kier molecular flexibility index (Phi) is 3.58. The quantitative estimate of drug-likeness (QED) is 0.882. The molecule has 0 aliphatic carbocycles. The third kappa shape index (κ3) is 2.60. The van der Waals surface area contributed by atoms with Crippen LogP contribution in [0, 0.1) is 13.8 Å². The standard InChI is InChI=1S/C13H19N5O2S/c1-9-13(10(2)17-16-9)21(19,20)15-8-11-7-14-18-6-4-3-5-12(11)18/h7,15H,3-6,8H2,1-2H3,(H,16,17). The van der Waals surface area contributed by atoms with E-state index in [0.717, 1.165) is 37.1 Å². The van der Waals surface area contributed by atoms with Gasteiger partial charge in [0.2, 0.25) is 10.0 Å². The Hall–Kier alpha value is -1.67. The molecule has 0 aromatic carbocycles. The lowest BCUT2D eigenvalue weighted by molar-refractivity contribution is 0.484. The molecule has 3 heterocycles. The first-order chi connectivity index (χ1) is 9.99. The van der Waals surface area contributed by atoms with Crippen LogP contribution in [0.3, 0.4) is 0 Å². The molecule has 2 N–H and O–H groups in total. The van der Waals surface area contributed by atoms with Gasteiger partial charge in [0.25, 0.3) is 0 Å². The number of aryl methyl sites for hydroxylation is 3. The maximum absolute atomic E-state index is 12.4. The number of aromatic nitrogens is 4. The van der Waals surface area contributed by atoms with E-state index >= 15 is 0 Å². The zero-order valence-corrected chi connectivity index (χ0v) is 13.0. The van der Waals surface area contributed by atoms with Crippen LogP contribution >= 0.6 is 0 Å². The highest BCUT2D eigenvalue weighted by molar-refractivity contribution is 7.89. The molecule has 2 aromatic heterocycles. The van der Waals surface area contributed by atoms with E-state index in [4.69, 9.17) is 0 Å². The fourth-order valence-corrected chi connectivity index (χ4v) is 4.19. The summed E-state index contributed by atoms with van der Waals surface area (Å²) in [5.74, 6) is 0. The normalized spacial score (nSPS) is 15.1. The first kappa shape index (κ1) is 14.3. The molecule has 0 unspecified atom stereocenters. The molecule has 0 atom stereocenters. The molecule has 0 saturated heterocycles. The SMILES string of the molecule is Cc1n[nH]c(C)c1S(=O)(=O)NCc1cnn2c1CCCC2. The lowest BCUT2D eigenvalue weighted by Crippen LogP contribution is -2.25. The first-order valence-electron chi connectivity index (χ1n) is 7.04. The zero-order chi connectivity index (χ0) is 15.0. The number of hydrogen-bond donors (Lipinski definition) is 2. The summed E-state index contributed by atoms with van der Waals surface area (Å²) >= 11 is 0. The van der Waals surface area contributed by atoms with E-state index in [2.05, 4.69) is 20.0 Å². The van der Waals surface area contributed by atoms with Crippen LogP contribution in [-0.4, -0.2) is 28.4 Å². The minimum atomic E-state index is -3.56. The number of H-pyrrole nitrogens is 1. The molecule has 2 aromatic rings. The Balaban J connectivity index is 1.80. The van der Waals surface area contributed by atoms with Gasteiger partial charge in [0, 0.05) is 24.3 Å². The Morgan fingerprint density at radius 3 is 2.90 bits per heavy atom. The van der Waals surface area contributed by atoms with Gasteiger partial charge >= 0.3 is 0 Å². The van der Waals surface area contributed by atoms with Crippen molar-refractivity contribution < 1.29 is 8.42 Å². The van der Waals surface area contributed by atoms with Gasteiger partial charge in [-0.15, -0.1) is 0 Å². The number of rotatable bonds is 4. The van der Waals surface area contributed by atoms with Gasteiger partial charge < -0.3 is 0 Å². The smallest absolute Gasteiger partial charge is 0.244 e. The molecule has 0 radical (unpaired) electrons. The van der Waals surface area contributed by atoms with E-state index < -0.39 is 10.0 Å². The molecule has 0 bridgehead atoms. The van der Waals surface area contributed by atoms with Crippen LogP contribution in [0.25, 0.3) is 0 Å². The molecular weight excluding hydrogens is 290 g/mol. The largest absolute Gasteiger partial charge is 0.281 e. The maximum atomic E-state index is 12.4. The van der Waals surface area contributed by atoms with Crippen LogP contribution in [0.1, 0.15) is 35.5 Å². The van der Waals surface area contributed by atoms with Crippen molar-refractivity contribution in [2.24, 2.45) is 0 Å². The van der Waals surface area contributed by atoms with Crippen molar-refractivity contribution in [1.82, 2.24) is 24.7 Å². The predicted octanol–water partition coefficient (Wildman–Crippen LogP) is 1.04. The molecule has 21 heavy (non-hydrogen) atoms. The van der Waals surface area contributed by atoms with Gasteiger partial charge in [-0.25, -0.2) is 13.1 Å². The average Bonchev–Trinajstić information content (AvgIpc) is 3.01. The number of hydrogen-bond acceptors (Lipinski definition) is 4. The number of nitrogens with one attached hydrogen (secondary N) is 2. The van der Waals surface area contributed by atoms with E-state index in [-0.39, 0.29) is 11.4 Å². The topological polar surface area (TPSA) is 92.7 Å². The molecule has 0 fully saturated rings. The third-order valence-corrected chi connectivity index (χ3v) is 5.51. The van der Waals surface area contributed by atoms with Crippen LogP contribution in [0.2, 0.25) is 0 Å². The second-order valence-corrected chi connectivity index (χ2v) is 7.09. The van der Waals surface area contributed by atoms with Crippen molar-refractivity contribution in [3.8, 4) is 0 Å². The Bertz CT molecular complexity index is 740. The second kappa shape index (κ2) is 5.27. The van der Waals surface area contributed by atoms with Crippen LogP contribution in [0.4, 0.5) is 0 Å². The fraction of sp³-hybridized carbons (Fsp3) is 0.538.